The minimum absolute atomic E-state index is 0.120. The average molecular weight is 307 g/mol. The van der Waals surface area contributed by atoms with Crippen LogP contribution >= 0.6 is 11.6 Å². The highest BCUT2D eigenvalue weighted by Crippen LogP contribution is 2.54. The summed E-state index contributed by atoms with van der Waals surface area (Å²) in [6, 6.07) is 6.27. The van der Waals surface area contributed by atoms with Crippen LogP contribution in [-0.4, -0.2) is 13.2 Å². The van der Waals surface area contributed by atoms with Crippen LogP contribution in [0.3, 0.4) is 0 Å². The third-order valence-electron chi connectivity index (χ3n) is 5.50. The van der Waals surface area contributed by atoms with E-state index in [1.54, 1.807) is 0 Å². The fraction of sp³-hybridized carbons (Fsp3) is 0.667. The van der Waals surface area contributed by atoms with Crippen molar-refractivity contribution in [2.45, 2.75) is 38.0 Å². The summed E-state index contributed by atoms with van der Waals surface area (Å²) in [5.41, 5.74) is 1.20. The van der Waals surface area contributed by atoms with Crippen LogP contribution in [0, 0.1) is 23.7 Å². The molecule has 1 heterocycles. The highest BCUT2D eigenvalue weighted by atomic mass is 35.5. The number of alkyl halides is 1. The van der Waals surface area contributed by atoms with Gasteiger partial charge < -0.3 is 9.47 Å². The Balaban J connectivity index is 1.55. The second kappa shape index (κ2) is 5.39. The van der Waals surface area contributed by atoms with Crippen molar-refractivity contribution in [1.82, 2.24) is 0 Å². The van der Waals surface area contributed by atoms with Crippen LogP contribution in [0.5, 0.6) is 11.5 Å². The first-order chi connectivity index (χ1) is 10.2. The number of fused-ring (bicyclic) bond motifs is 3. The maximum absolute atomic E-state index is 6.82. The number of rotatable bonds is 2. The quantitative estimate of drug-likeness (QED) is 0.730. The Bertz CT molecular complexity index is 530. The van der Waals surface area contributed by atoms with Gasteiger partial charge in [-0.2, -0.15) is 0 Å². The molecule has 0 amide bonds. The fourth-order valence-corrected chi connectivity index (χ4v) is 4.78. The predicted octanol–water partition coefficient (Wildman–Crippen LogP) is 4.81. The van der Waals surface area contributed by atoms with Crippen molar-refractivity contribution in [3.8, 4) is 11.5 Å². The van der Waals surface area contributed by atoms with Gasteiger partial charge in [0, 0.05) is 5.92 Å². The second-order valence-corrected chi connectivity index (χ2v) is 7.64. The Labute approximate surface area is 131 Å². The average Bonchev–Trinajstić information content (AvgIpc) is 3.08. The van der Waals surface area contributed by atoms with Gasteiger partial charge in [-0.25, -0.2) is 0 Å². The summed E-state index contributed by atoms with van der Waals surface area (Å²) in [6.45, 7) is 3.59. The number of ether oxygens (including phenoxy) is 2. The SMILES string of the molecule is CC1COc2ccc(C(Cl)C3CC4CCC3C4)cc2OC1. The smallest absolute Gasteiger partial charge is 0.161 e. The van der Waals surface area contributed by atoms with E-state index in [2.05, 4.69) is 19.1 Å². The molecule has 0 aromatic heterocycles. The van der Waals surface area contributed by atoms with Crippen molar-refractivity contribution >= 4 is 11.6 Å². The molecule has 3 heteroatoms. The van der Waals surface area contributed by atoms with Gasteiger partial charge in [-0.15, -0.1) is 11.6 Å². The Morgan fingerprint density at radius 2 is 1.90 bits per heavy atom. The van der Waals surface area contributed by atoms with Crippen molar-refractivity contribution in [3.63, 3.8) is 0 Å². The number of hydrogen-bond acceptors (Lipinski definition) is 2. The zero-order chi connectivity index (χ0) is 14.4. The van der Waals surface area contributed by atoms with Crippen molar-refractivity contribution in [3.05, 3.63) is 23.8 Å². The molecule has 0 N–H and O–H groups in total. The molecule has 1 aliphatic heterocycles. The summed E-state index contributed by atoms with van der Waals surface area (Å²) < 4.78 is 11.7. The van der Waals surface area contributed by atoms with Gasteiger partial charge in [-0.1, -0.05) is 19.4 Å². The molecule has 2 bridgehead atoms. The highest BCUT2D eigenvalue weighted by Gasteiger charge is 2.43. The maximum atomic E-state index is 6.82. The molecule has 1 aromatic carbocycles. The summed E-state index contributed by atoms with van der Waals surface area (Å²) >= 11 is 6.82. The largest absolute Gasteiger partial charge is 0.489 e. The molecule has 2 aliphatic carbocycles. The summed E-state index contributed by atoms with van der Waals surface area (Å²) in [6.07, 6.45) is 5.50. The van der Waals surface area contributed by atoms with Crippen LogP contribution in [0.25, 0.3) is 0 Å². The second-order valence-electron chi connectivity index (χ2n) is 7.17. The maximum Gasteiger partial charge on any atom is 0.161 e. The van der Waals surface area contributed by atoms with Gasteiger partial charge in [0.1, 0.15) is 0 Å². The summed E-state index contributed by atoms with van der Waals surface area (Å²) in [7, 11) is 0. The zero-order valence-electron chi connectivity index (χ0n) is 12.6. The van der Waals surface area contributed by atoms with Gasteiger partial charge in [0.05, 0.1) is 18.6 Å². The molecule has 1 aromatic rings. The molecule has 5 unspecified atom stereocenters. The first kappa shape index (κ1) is 13.8. The lowest BCUT2D eigenvalue weighted by Crippen LogP contribution is -2.16. The van der Waals surface area contributed by atoms with E-state index in [1.807, 2.05) is 6.07 Å². The topological polar surface area (TPSA) is 18.5 Å². The third-order valence-corrected chi connectivity index (χ3v) is 6.08. The Hall–Kier alpha value is -0.890. The van der Waals surface area contributed by atoms with E-state index in [1.165, 1.54) is 31.2 Å². The Morgan fingerprint density at radius 1 is 1.10 bits per heavy atom. The lowest BCUT2D eigenvalue weighted by molar-refractivity contribution is 0.228. The molecule has 0 spiro atoms. The standard InChI is InChI=1S/C18H23ClO2/c1-11-9-20-16-5-4-14(8-17(16)21-10-11)18(19)15-7-12-2-3-13(15)6-12/h4-5,8,11-13,15,18H,2-3,6-7,9-10H2,1H3. The minimum atomic E-state index is 0.120. The van der Waals surface area contributed by atoms with Gasteiger partial charge in [-0.05, 0) is 54.7 Å². The van der Waals surface area contributed by atoms with E-state index in [0.717, 1.165) is 36.5 Å². The molecular formula is C18H23ClO2. The molecule has 0 saturated heterocycles. The normalized spacial score (nSPS) is 35.5. The first-order valence-electron chi connectivity index (χ1n) is 8.24. The molecular weight excluding hydrogens is 284 g/mol. The molecule has 114 valence electrons. The van der Waals surface area contributed by atoms with E-state index in [9.17, 15) is 0 Å². The lowest BCUT2D eigenvalue weighted by Gasteiger charge is -2.27. The van der Waals surface area contributed by atoms with Gasteiger partial charge in [0.2, 0.25) is 0 Å². The molecule has 4 rings (SSSR count). The predicted molar refractivity (Wildman–Crippen MR) is 84.1 cm³/mol. The van der Waals surface area contributed by atoms with E-state index in [0.29, 0.717) is 11.8 Å². The molecule has 3 aliphatic rings. The number of halogens is 1. The minimum Gasteiger partial charge on any atom is -0.489 e. The van der Waals surface area contributed by atoms with Crippen molar-refractivity contribution in [2.75, 3.05) is 13.2 Å². The van der Waals surface area contributed by atoms with Gasteiger partial charge in [0.15, 0.2) is 11.5 Å². The molecule has 5 atom stereocenters. The van der Waals surface area contributed by atoms with Crippen LogP contribution in [-0.2, 0) is 0 Å². The van der Waals surface area contributed by atoms with Crippen molar-refractivity contribution in [1.29, 1.82) is 0 Å². The molecule has 2 fully saturated rings. The Morgan fingerprint density at radius 3 is 2.62 bits per heavy atom. The van der Waals surface area contributed by atoms with Gasteiger partial charge in [0.25, 0.3) is 0 Å². The first-order valence-corrected chi connectivity index (χ1v) is 8.68. The fourth-order valence-electron chi connectivity index (χ4n) is 4.34. The number of hydrogen-bond donors (Lipinski definition) is 0. The van der Waals surface area contributed by atoms with Gasteiger partial charge in [-0.3, -0.25) is 0 Å². The van der Waals surface area contributed by atoms with E-state index < -0.39 is 0 Å². The van der Waals surface area contributed by atoms with Crippen molar-refractivity contribution in [2.24, 2.45) is 23.7 Å². The van der Waals surface area contributed by atoms with E-state index >= 15 is 0 Å². The van der Waals surface area contributed by atoms with Crippen LogP contribution < -0.4 is 9.47 Å². The van der Waals surface area contributed by atoms with Crippen LogP contribution in [0.2, 0.25) is 0 Å². The van der Waals surface area contributed by atoms with Crippen LogP contribution in [0.1, 0.15) is 43.5 Å². The summed E-state index contributed by atoms with van der Waals surface area (Å²) in [5, 5.41) is 0.120. The monoisotopic (exact) mass is 306 g/mol. The van der Waals surface area contributed by atoms with E-state index in [4.69, 9.17) is 21.1 Å². The van der Waals surface area contributed by atoms with Crippen LogP contribution in [0.15, 0.2) is 18.2 Å². The highest BCUT2D eigenvalue weighted by molar-refractivity contribution is 6.21. The van der Waals surface area contributed by atoms with E-state index in [-0.39, 0.29) is 5.38 Å². The molecule has 2 saturated carbocycles. The van der Waals surface area contributed by atoms with Crippen LogP contribution in [0.4, 0.5) is 0 Å². The zero-order valence-corrected chi connectivity index (χ0v) is 13.3. The molecule has 2 nitrogen and oxygen atoms in total. The van der Waals surface area contributed by atoms with Gasteiger partial charge >= 0.3 is 0 Å². The summed E-state index contributed by atoms with van der Waals surface area (Å²) in [4.78, 5) is 0. The number of benzene rings is 1. The molecule has 21 heavy (non-hydrogen) atoms. The third kappa shape index (κ3) is 2.52. The Kier molecular flexibility index (Phi) is 3.53. The molecule has 0 radical (unpaired) electrons. The summed E-state index contributed by atoms with van der Waals surface area (Å²) in [5.74, 6) is 4.58. The van der Waals surface area contributed by atoms with Crippen molar-refractivity contribution < 1.29 is 9.47 Å². The lowest BCUT2D eigenvalue weighted by atomic mass is 9.84.